The predicted octanol–water partition coefficient (Wildman–Crippen LogP) is 2.89. The summed E-state index contributed by atoms with van der Waals surface area (Å²) in [6.07, 6.45) is 6.67. The first-order valence-corrected chi connectivity index (χ1v) is 5.95. The largest absolute Gasteiger partial charge is 0.490 e. The van der Waals surface area contributed by atoms with Crippen molar-refractivity contribution in [1.82, 2.24) is 5.32 Å². The molecule has 0 unspecified atom stereocenters. The Morgan fingerprint density at radius 3 is 2.69 bits per heavy atom. The summed E-state index contributed by atoms with van der Waals surface area (Å²) in [6, 6.07) is 9.09. The van der Waals surface area contributed by atoms with Crippen LogP contribution in [0.15, 0.2) is 36.4 Å². The standard InChI is InChI=1S/C14H19NO/c1-2-3-10-16-14-8-4-12(5-9-14)11-15-13-6-7-13/h2-5,8-9,13,15H,6-7,10-11H2,1H3/b3-2+. The van der Waals surface area contributed by atoms with Crippen LogP contribution in [-0.4, -0.2) is 12.6 Å². The third-order valence-electron chi connectivity index (χ3n) is 2.68. The highest BCUT2D eigenvalue weighted by Gasteiger charge is 2.19. The van der Waals surface area contributed by atoms with Crippen molar-refractivity contribution < 1.29 is 4.74 Å². The number of allylic oxidation sites excluding steroid dienone is 1. The fourth-order valence-corrected chi connectivity index (χ4v) is 1.49. The molecule has 2 nitrogen and oxygen atoms in total. The van der Waals surface area contributed by atoms with Crippen LogP contribution in [0.25, 0.3) is 0 Å². The quantitative estimate of drug-likeness (QED) is 0.740. The zero-order valence-corrected chi connectivity index (χ0v) is 9.78. The topological polar surface area (TPSA) is 21.3 Å². The van der Waals surface area contributed by atoms with E-state index in [2.05, 4.69) is 17.4 Å². The van der Waals surface area contributed by atoms with Gasteiger partial charge in [-0.2, -0.15) is 0 Å². The summed E-state index contributed by atoms with van der Waals surface area (Å²) < 4.78 is 5.53. The molecule has 0 atom stereocenters. The Balaban J connectivity index is 1.78. The average Bonchev–Trinajstić information content (AvgIpc) is 3.12. The van der Waals surface area contributed by atoms with Crippen LogP contribution in [0.1, 0.15) is 25.3 Å². The minimum Gasteiger partial charge on any atom is -0.490 e. The maximum absolute atomic E-state index is 5.53. The molecule has 86 valence electrons. The summed E-state index contributed by atoms with van der Waals surface area (Å²) in [5, 5.41) is 3.49. The number of rotatable bonds is 6. The van der Waals surface area contributed by atoms with E-state index in [9.17, 15) is 0 Å². The van der Waals surface area contributed by atoms with E-state index in [0.717, 1.165) is 18.3 Å². The Kier molecular flexibility index (Phi) is 4.00. The maximum Gasteiger partial charge on any atom is 0.119 e. The molecule has 0 aliphatic heterocycles. The van der Waals surface area contributed by atoms with Crippen LogP contribution in [0.3, 0.4) is 0 Å². The van der Waals surface area contributed by atoms with Gasteiger partial charge < -0.3 is 10.1 Å². The van der Waals surface area contributed by atoms with Gasteiger partial charge in [-0.3, -0.25) is 0 Å². The van der Waals surface area contributed by atoms with E-state index in [-0.39, 0.29) is 0 Å². The van der Waals surface area contributed by atoms with Crippen molar-refractivity contribution in [3.63, 3.8) is 0 Å². The van der Waals surface area contributed by atoms with Crippen LogP contribution in [0.4, 0.5) is 0 Å². The summed E-state index contributed by atoms with van der Waals surface area (Å²) in [7, 11) is 0. The van der Waals surface area contributed by atoms with Gasteiger partial charge in [-0.05, 0) is 37.5 Å². The zero-order valence-electron chi connectivity index (χ0n) is 9.78. The van der Waals surface area contributed by atoms with Crippen molar-refractivity contribution in [2.24, 2.45) is 0 Å². The number of benzene rings is 1. The van der Waals surface area contributed by atoms with Gasteiger partial charge in [0.2, 0.25) is 0 Å². The molecular weight excluding hydrogens is 198 g/mol. The zero-order chi connectivity index (χ0) is 11.2. The summed E-state index contributed by atoms with van der Waals surface area (Å²) in [5.74, 6) is 0.938. The van der Waals surface area contributed by atoms with Crippen LogP contribution < -0.4 is 10.1 Å². The summed E-state index contributed by atoms with van der Waals surface area (Å²) in [5.41, 5.74) is 1.32. The number of hydrogen-bond donors (Lipinski definition) is 1. The molecule has 2 heteroatoms. The molecule has 0 bridgehead atoms. The fraction of sp³-hybridized carbons (Fsp3) is 0.429. The third-order valence-corrected chi connectivity index (χ3v) is 2.68. The molecule has 0 spiro atoms. The molecule has 1 aromatic carbocycles. The summed E-state index contributed by atoms with van der Waals surface area (Å²) in [4.78, 5) is 0. The SMILES string of the molecule is C/C=C/COc1ccc(CNC2CC2)cc1. The van der Waals surface area contributed by atoms with E-state index >= 15 is 0 Å². The monoisotopic (exact) mass is 217 g/mol. The molecule has 0 amide bonds. The third kappa shape index (κ3) is 3.70. The number of hydrogen-bond acceptors (Lipinski definition) is 2. The Morgan fingerprint density at radius 1 is 1.31 bits per heavy atom. The van der Waals surface area contributed by atoms with Gasteiger partial charge in [0.05, 0.1) is 0 Å². The maximum atomic E-state index is 5.53. The molecule has 1 aliphatic rings. The van der Waals surface area contributed by atoms with Gasteiger partial charge in [0.1, 0.15) is 12.4 Å². The molecule has 1 saturated carbocycles. The Hall–Kier alpha value is -1.28. The summed E-state index contributed by atoms with van der Waals surface area (Å²) in [6.45, 7) is 3.62. The molecule has 16 heavy (non-hydrogen) atoms. The molecule has 1 fully saturated rings. The second-order valence-corrected chi connectivity index (χ2v) is 4.18. The first kappa shape index (κ1) is 11.2. The van der Waals surface area contributed by atoms with E-state index in [0.29, 0.717) is 6.61 Å². The Bertz CT molecular complexity index is 338. The van der Waals surface area contributed by atoms with Gasteiger partial charge >= 0.3 is 0 Å². The van der Waals surface area contributed by atoms with E-state index in [1.54, 1.807) is 0 Å². The Morgan fingerprint density at radius 2 is 2.06 bits per heavy atom. The van der Waals surface area contributed by atoms with E-state index < -0.39 is 0 Å². The fourth-order valence-electron chi connectivity index (χ4n) is 1.49. The second-order valence-electron chi connectivity index (χ2n) is 4.18. The molecule has 0 radical (unpaired) electrons. The molecule has 2 rings (SSSR count). The molecule has 1 aromatic rings. The molecule has 1 aliphatic carbocycles. The van der Waals surface area contributed by atoms with Crippen LogP contribution in [-0.2, 0) is 6.54 Å². The first-order valence-electron chi connectivity index (χ1n) is 5.95. The smallest absolute Gasteiger partial charge is 0.119 e. The van der Waals surface area contributed by atoms with Gasteiger partial charge in [-0.1, -0.05) is 24.3 Å². The van der Waals surface area contributed by atoms with Gasteiger partial charge in [0.15, 0.2) is 0 Å². The van der Waals surface area contributed by atoms with Crippen LogP contribution >= 0.6 is 0 Å². The van der Waals surface area contributed by atoms with Gasteiger partial charge in [-0.25, -0.2) is 0 Å². The van der Waals surface area contributed by atoms with Crippen molar-refractivity contribution in [2.75, 3.05) is 6.61 Å². The average molecular weight is 217 g/mol. The van der Waals surface area contributed by atoms with Crippen molar-refractivity contribution in [3.05, 3.63) is 42.0 Å². The van der Waals surface area contributed by atoms with Crippen LogP contribution in [0, 0.1) is 0 Å². The van der Waals surface area contributed by atoms with E-state index in [1.807, 2.05) is 31.2 Å². The first-order chi connectivity index (χ1) is 7.88. The molecule has 0 heterocycles. The highest BCUT2D eigenvalue weighted by Crippen LogP contribution is 2.19. The second kappa shape index (κ2) is 5.71. The normalized spacial score (nSPS) is 15.6. The van der Waals surface area contributed by atoms with Crippen LogP contribution in [0.5, 0.6) is 5.75 Å². The van der Waals surface area contributed by atoms with Crippen molar-refractivity contribution in [3.8, 4) is 5.75 Å². The van der Waals surface area contributed by atoms with Crippen molar-refractivity contribution in [2.45, 2.75) is 32.4 Å². The summed E-state index contributed by atoms with van der Waals surface area (Å²) >= 11 is 0. The molecule has 1 N–H and O–H groups in total. The van der Waals surface area contributed by atoms with Gasteiger partial charge in [-0.15, -0.1) is 0 Å². The lowest BCUT2D eigenvalue weighted by Crippen LogP contribution is -2.15. The predicted molar refractivity (Wildman–Crippen MR) is 66.6 cm³/mol. The van der Waals surface area contributed by atoms with Crippen molar-refractivity contribution in [1.29, 1.82) is 0 Å². The lowest BCUT2D eigenvalue weighted by Gasteiger charge is -2.06. The minimum atomic E-state index is 0.649. The van der Waals surface area contributed by atoms with Crippen molar-refractivity contribution >= 4 is 0 Å². The molecule has 0 aromatic heterocycles. The molecule has 0 saturated heterocycles. The lowest BCUT2D eigenvalue weighted by molar-refractivity contribution is 0.362. The van der Waals surface area contributed by atoms with Gasteiger partial charge in [0.25, 0.3) is 0 Å². The number of ether oxygens (including phenoxy) is 1. The minimum absolute atomic E-state index is 0.649. The highest BCUT2D eigenvalue weighted by molar-refractivity contribution is 5.27. The Labute approximate surface area is 97.3 Å². The van der Waals surface area contributed by atoms with Crippen LogP contribution in [0.2, 0.25) is 0 Å². The molecular formula is C14H19NO. The highest BCUT2D eigenvalue weighted by atomic mass is 16.5. The van der Waals surface area contributed by atoms with Gasteiger partial charge in [0, 0.05) is 12.6 Å². The van der Waals surface area contributed by atoms with E-state index in [1.165, 1.54) is 18.4 Å². The number of nitrogens with one attached hydrogen (secondary N) is 1. The van der Waals surface area contributed by atoms with E-state index in [4.69, 9.17) is 4.74 Å². The lowest BCUT2D eigenvalue weighted by atomic mass is 10.2.